The maximum atomic E-state index is 13.1. The summed E-state index contributed by atoms with van der Waals surface area (Å²) in [5, 5.41) is 6.62. The first-order valence-electron chi connectivity index (χ1n) is 7.66. The van der Waals surface area contributed by atoms with Crippen LogP contribution in [0, 0.1) is 11.2 Å². The summed E-state index contributed by atoms with van der Waals surface area (Å²) in [4.78, 5) is 6.41. The zero-order chi connectivity index (χ0) is 16.6. The molecule has 0 unspecified atom stereocenters. The van der Waals surface area contributed by atoms with Crippen molar-refractivity contribution >= 4 is 5.96 Å². The van der Waals surface area contributed by atoms with Crippen LogP contribution in [0.25, 0.3) is 0 Å². The normalized spacial score (nSPS) is 12.6. The predicted octanol–water partition coefficient (Wildman–Crippen LogP) is 2.12. The highest BCUT2D eigenvalue weighted by atomic mass is 19.1. The number of rotatable bonds is 7. The summed E-state index contributed by atoms with van der Waals surface area (Å²) in [7, 11) is 5.91. The van der Waals surface area contributed by atoms with E-state index < -0.39 is 0 Å². The molecule has 0 bridgehead atoms. The Morgan fingerprint density at radius 1 is 1.27 bits per heavy atom. The van der Waals surface area contributed by atoms with Gasteiger partial charge in [-0.1, -0.05) is 26.0 Å². The molecule has 0 aromatic heterocycles. The van der Waals surface area contributed by atoms with Gasteiger partial charge >= 0.3 is 0 Å². The third-order valence-corrected chi connectivity index (χ3v) is 3.30. The number of nitrogens with zero attached hydrogens (tertiary/aromatic N) is 2. The minimum absolute atomic E-state index is 0.156. The molecule has 1 aromatic rings. The fourth-order valence-electron chi connectivity index (χ4n) is 2.47. The first-order valence-corrected chi connectivity index (χ1v) is 7.66. The van der Waals surface area contributed by atoms with Gasteiger partial charge in [0, 0.05) is 26.7 Å². The third kappa shape index (κ3) is 7.41. The summed E-state index contributed by atoms with van der Waals surface area (Å²) < 4.78 is 13.1. The number of hydrogen-bond donors (Lipinski definition) is 2. The Labute approximate surface area is 133 Å². The van der Waals surface area contributed by atoms with Crippen molar-refractivity contribution in [1.29, 1.82) is 0 Å². The molecule has 0 amide bonds. The molecule has 0 aliphatic rings. The Morgan fingerprint density at radius 2 is 2.00 bits per heavy atom. The number of hydrogen-bond acceptors (Lipinski definition) is 2. The van der Waals surface area contributed by atoms with Crippen molar-refractivity contribution in [2.24, 2.45) is 10.4 Å². The van der Waals surface area contributed by atoms with E-state index in [1.165, 1.54) is 6.07 Å². The summed E-state index contributed by atoms with van der Waals surface area (Å²) in [6.07, 6.45) is 0.763. The Kier molecular flexibility index (Phi) is 7.32. The van der Waals surface area contributed by atoms with Crippen LogP contribution < -0.4 is 10.6 Å². The maximum absolute atomic E-state index is 13.1. The van der Waals surface area contributed by atoms with E-state index in [-0.39, 0.29) is 11.2 Å². The van der Waals surface area contributed by atoms with Gasteiger partial charge in [0.15, 0.2) is 5.96 Å². The smallest absolute Gasteiger partial charge is 0.191 e. The van der Waals surface area contributed by atoms with Crippen LogP contribution in [0.1, 0.15) is 19.4 Å². The van der Waals surface area contributed by atoms with E-state index in [2.05, 4.69) is 48.5 Å². The zero-order valence-corrected chi connectivity index (χ0v) is 14.4. The van der Waals surface area contributed by atoms with Crippen molar-refractivity contribution in [1.82, 2.24) is 15.5 Å². The average Bonchev–Trinajstić information content (AvgIpc) is 2.41. The first-order chi connectivity index (χ1) is 10.3. The number of nitrogens with one attached hydrogen (secondary N) is 2. The lowest BCUT2D eigenvalue weighted by atomic mass is 9.93. The SMILES string of the molecule is CN=C(NCCc1cccc(F)c1)NCC(C)(C)CN(C)C. The lowest BCUT2D eigenvalue weighted by molar-refractivity contribution is 0.241. The van der Waals surface area contributed by atoms with Gasteiger partial charge in [-0.3, -0.25) is 4.99 Å². The molecule has 0 heterocycles. The van der Waals surface area contributed by atoms with Crippen molar-refractivity contribution < 1.29 is 4.39 Å². The molecular weight excluding hydrogens is 279 g/mol. The predicted molar refractivity (Wildman–Crippen MR) is 91.8 cm³/mol. The van der Waals surface area contributed by atoms with Crippen molar-refractivity contribution in [3.63, 3.8) is 0 Å². The molecule has 0 saturated carbocycles. The number of benzene rings is 1. The van der Waals surface area contributed by atoms with E-state index in [9.17, 15) is 4.39 Å². The average molecular weight is 308 g/mol. The molecule has 0 aliphatic carbocycles. The van der Waals surface area contributed by atoms with Crippen LogP contribution in [0.2, 0.25) is 0 Å². The second-order valence-electron chi connectivity index (χ2n) is 6.63. The molecule has 124 valence electrons. The fourth-order valence-corrected chi connectivity index (χ4v) is 2.47. The molecule has 0 saturated heterocycles. The topological polar surface area (TPSA) is 39.7 Å². The Hall–Kier alpha value is -1.62. The molecule has 2 N–H and O–H groups in total. The van der Waals surface area contributed by atoms with Crippen LogP contribution in [-0.4, -0.2) is 51.6 Å². The lowest BCUT2D eigenvalue weighted by Gasteiger charge is -2.29. The van der Waals surface area contributed by atoms with Crippen LogP contribution in [0.3, 0.4) is 0 Å². The third-order valence-electron chi connectivity index (χ3n) is 3.30. The quantitative estimate of drug-likeness (QED) is 0.599. The number of aliphatic imine (C=N–C) groups is 1. The Morgan fingerprint density at radius 3 is 2.59 bits per heavy atom. The molecule has 1 aromatic carbocycles. The molecule has 5 heteroatoms. The fraction of sp³-hybridized carbons (Fsp3) is 0.588. The summed E-state index contributed by atoms with van der Waals surface area (Å²) >= 11 is 0. The zero-order valence-electron chi connectivity index (χ0n) is 14.4. The molecule has 1 rings (SSSR count). The number of halogens is 1. The Balaban J connectivity index is 2.37. The van der Waals surface area contributed by atoms with E-state index >= 15 is 0 Å². The maximum Gasteiger partial charge on any atom is 0.191 e. The van der Waals surface area contributed by atoms with Crippen LogP contribution >= 0.6 is 0 Å². The van der Waals surface area contributed by atoms with Crippen LogP contribution in [0.5, 0.6) is 0 Å². The second-order valence-corrected chi connectivity index (χ2v) is 6.63. The van der Waals surface area contributed by atoms with E-state index in [0.717, 1.165) is 37.6 Å². The van der Waals surface area contributed by atoms with Crippen LogP contribution in [-0.2, 0) is 6.42 Å². The molecule has 4 nitrogen and oxygen atoms in total. The minimum Gasteiger partial charge on any atom is -0.356 e. The Bertz CT molecular complexity index is 483. The van der Waals surface area contributed by atoms with Gasteiger partial charge in [0.25, 0.3) is 0 Å². The van der Waals surface area contributed by atoms with Crippen LogP contribution in [0.4, 0.5) is 4.39 Å². The van der Waals surface area contributed by atoms with E-state index in [1.807, 2.05) is 6.07 Å². The first kappa shape index (κ1) is 18.4. The van der Waals surface area contributed by atoms with Gasteiger partial charge in [-0.25, -0.2) is 4.39 Å². The van der Waals surface area contributed by atoms with Gasteiger partial charge in [-0.05, 0) is 43.6 Å². The molecule has 0 atom stereocenters. The molecule has 0 fully saturated rings. The van der Waals surface area contributed by atoms with E-state index in [0.29, 0.717) is 0 Å². The molecule has 0 radical (unpaired) electrons. The van der Waals surface area contributed by atoms with Crippen LogP contribution in [0.15, 0.2) is 29.3 Å². The largest absolute Gasteiger partial charge is 0.356 e. The van der Waals surface area contributed by atoms with Gasteiger partial charge in [0.2, 0.25) is 0 Å². The number of guanidine groups is 1. The van der Waals surface area contributed by atoms with Crippen molar-refractivity contribution in [2.75, 3.05) is 40.8 Å². The highest BCUT2D eigenvalue weighted by Gasteiger charge is 2.19. The van der Waals surface area contributed by atoms with Crippen molar-refractivity contribution in [2.45, 2.75) is 20.3 Å². The highest BCUT2D eigenvalue weighted by molar-refractivity contribution is 5.79. The van der Waals surface area contributed by atoms with Gasteiger partial charge in [-0.2, -0.15) is 0 Å². The second kappa shape index (κ2) is 8.73. The van der Waals surface area contributed by atoms with Gasteiger partial charge < -0.3 is 15.5 Å². The van der Waals surface area contributed by atoms with E-state index in [4.69, 9.17) is 0 Å². The minimum atomic E-state index is -0.189. The van der Waals surface area contributed by atoms with Crippen molar-refractivity contribution in [3.8, 4) is 0 Å². The summed E-state index contributed by atoms with van der Waals surface area (Å²) in [6.45, 7) is 7.00. The summed E-state index contributed by atoms with van der Waals surface area (Å²) in [5.41, 5.74) is 1.14. The highest BCUT2D eigenvalue weighted by Crippen LogP contribution is 2.13. The van der Waals surface area contributed by atoms with Gasteiger partial charge in [0.05, 0.1) is 0 Å². The molecule has 0 aliphatic heterocycles. The standard InChI is InChI=1S/C17H29FN4/c1-17(2,13-22(4)5)12-21-16(19-3)20-10-9-14-7-6-8-15(18)11-14/h6-8,11H,9-10,12-13H2,1-5H3,(H2,19,20,21). The van der Waals surface area contributed by atoms with Crippen molar-refractivity contribution in [3.05, 3.63) is 35.6 Å². The van der Waals surface area contributed by atoms with E-state index in [1.54, 1.807) is 19.2 Å². The lowest BCUT2D eigenvalue weighted by Crippen LogP contribution is -2.45. The monoisotopic (exact) mass is 308 g/mol. The molecule has 0 spiro atoms. The molecular formula is C17H29FN4. The summed E-state index contributed by atoms with van der Waals surface area (Å²) in [6, 6.07) is 6.70. The summed E-state index contributed by atoms with van der Waals surface area (Å²) in [5.74, 6) is 0.591. The van der Waals surface area contributed by atoms with Gasteiger partial charge in [-0.15, -0.1) is 0 Å². The van der Waals surface area contributed by atoms with Gasteiger partial charge in [0.1, 0.15) is 5.82 Å². The molecule has 22 heavy (non-hydrogen) atoms.